The lowest BCUT2D eigenvalue weighted by Gasteiger charge is -2.10. The van der Waals surface area contributed by atoms with Gasteiger partial charge >= 0.3 is 0 Å². The highest BCUT2D eigenvalue weighted by Crippen LogP contribution is 2.22. The Kier molecular flexibility index (Phi) is 4.05. The third kappa shape index (κ3) is 3.25. The van der Waals surface area contributed by atoms with Gasteiger partial charge in [-0.05, 0) is 43.2 Å². The highest BCUT2D eigenvalue weighted by atomic mass is 19.1. The van der Waals surface area contributed by atoms with Crippen molar-refractivity contribution in [1.29, 1.82) is 0 Å². The van der Waals surface area contributed by atoms with E-state index in [-0.39, 0.29) is 18.2 Å². The summed E-state index contributed by atoms with van der Waals surface area (Å²) in [6.45, 7) is 4.20. The number of aryl methyl sites for hydroxylation is 2. The van der Waals surface area contributed by atoms with Gasteiger partial charge in [-0.2, -0.15) is 0 Å². The first-order chi connectivity index (χ1) is 9.10. The van der Waals surface area contributed by atoms with Crippen LogP contribution in [0.3, 0.4) is 0 Å². The molecule has 0 bridgehead atoms. The minimum absolute atomic E-state index is 0.186. The summed E-state index contributed by atoms with van der Waals surface area (Å²) in [6, 6.07) is 11.0. The Balaban J connectivity index is 2.14. The zero-order chi connectivity index (χ0) is 13.8. The summed E-state index contributed by atoms with van der Waals surface area (Å²) in [5.41, 5.74) is 2.74. The van der Waals surface area contributed by atoms with Gasteiger partial charge in [-0.25, -0.2) is 4.39 Å². The van der Waals surface area contributed by atoms with Crippen LogP contribution in [0.25, 0.3) is 0 Å². The number of methoxy groups -OCH3 is 1. The van der Waals surface area contributed by atoms with Crippen LogP contribution in [0.5, 0.6) is 11.5 Å². The molecular formula is C16H17FO2. The number of hydrogen-bond acceptors (Lipinski definition) is 2. The maximum atomic E-state index is 13.9. The lowest BCUT2D eigenvalue weighted by atomic mass is 10.1. The first-order valence-corrected chi connectivity index (χ1v) is 6.12. The van der Waals surface area contributed by atoms with Crippen LogP contribution in [0.15, 0.2) is 36.4 Å². The van der Waals surface area contributed by atoms with E-state index < -0.39 is 0 Å². The largest absolute Gasteiger partial charge is 0.494 e. The van der Waals surface area contributed by atoms with Crippen molar-refractivity contribution in [3.8, 4) is 11.5 Å². The molecule has 0 aromatic heterocycles. The normalized spacial score (nSPS) is 10.3. The van der Waals surface area contributed by atoms with E-state index in [0.717, 1.165) is 16.9 Å². The Labute approximate surface area is 112 Å². The Morgan fingerprint density at radius 1 is 1.05 bits per heavy atom. The van der Waals surface area contributed by atoms with Crippen LogP contribution in [-0.2, 0) is 6.61 Å². The predicted octanol–water partition coefficient (Wildman–Crippen LogP) is 4.03. The highest BCUT2D eigenvalue weighted by molar-refractivity contribution is 5.34. The standard InChI is InChI=1S/C16H17FO2/c1-11-7-12(2)9-14(8-11)19-10-13-5-4-6-15(18-3)16(13)17/h4-9H,10H2,1-3H3. The second-order valence-electron chi connectivity index (χ2n) is 4.55. The second kappa shape index (κ2) is 5.74. The van der Waals surface area contributed by atoms with Gasteiger partial charge < -0.3 is 9.47 Å². The first-order valence-electron chi connectivity index (χ1n) is 6.12. The number of ether oxygens (including phenoxy) is 2. The third-order valence-corrected chi connectivity index (χ3v) is 2.85. The van der Waals surface area contributed by atoms with Crippen molar-refractivity contribution < 1.29 is 13.9 Å². The summed E-state index contributed by atoms with van der Waals surface area (Å²) >= 11 is 0. The fourth-order valence-corrected chi connectivity index (χ4v) is 2.00. The van der Waals surface area contributed by atoms with Gasteiger partial charge in [-0.1, -0.05) is 18.2 Å². The highest BCUT2D eigenvalue weighted by Gasteiger charge is 2.08. The molecule has 0 aliphatic heterocycles. The molecule has 0 saturated heterocycles. The van der Waals surface area contributed by atoms with Gasteiger partial charge in [-0.15, -0.1) is 0 Å². The van der Waals surface area contributed by atoms with Gasteiger partial charge in [0.1, 0.15) is 12.4 Å². The van der Waals surface area contributed by atoms with Crippen molar-refractivity contribution in [1.82, 2.24) is 0 Å². The minimum atomic E-state index is -0.366. The van der Waals surface area contributed by atoms with Crippen molar-refractivity contribution in [2.24, 2.45) is 0 Å². The molecule has 3 heteroatoms. The molecule has 0 heterocycles. The predicted molar refractivity (Wildman–Crippen MR) is 73.2 cm³/mol. The van der Waals surface area contributed by atoms with E-state index >= 15 is 0 Å². The first kappa shape index (κ1) is 13.4. The number of benzene rings is 2. The van der Waals surface area contributed by atoms with Gasteiger partial charge in [0.05, 0.1) is 7.11 Å². The molecular weight excluding hydrogens is 243 g/mol. The van der Waals surface area contributed by atoms with Crippen molar-refractivity contribution in [2.45, 2.75) is 20.5 Å². The van der Waals surface area contributed by atoms with Crippen LogP contribution in [0.1, 0.15) is 16.7 Å². The molecule has 0 radical (unpaired) electrons. The van der Waals surface area contributed by atoms with Gasteiger partial charge in [0.2, 0.25) is 0 Å². The maximum absolute atomic E-state index is 13.9. The molecule has 0 aliphatic carbocycles. The Morgan fingerprint density at radius 2 is 1.74 bits per heavy atom. The average Bonchev–Trinajstić information content (AvgIpc) is 2.36. The molecule has 100 valence electrons. The summed E-state index contributed by atoms with van der Waals surface area (Å²) in [4.78, 5) is 0. The van der Waals surface area contributed by atoms with Crippen LogP contribution in [-0.4, -0.2) is 7.11 Å². The molecule has 0 saturated carbocycles. The Hall–Kier alpha value is -2.03. The second-order valence-corrected chi connectivity index (χ2v) is 4.55. The molecule has 0 aliphatic rings. The van der Waals surface area contributed by atoms with E-state index in [1.54, 1.807) is 18.2 Å². The molecule has 0 spiro atoms. The van der Waals surface area contributed by atoms with E-state index in [4.69, 9.17) is 9.47 Å². The van der Waals surface area contributed by atoms with Gasteiger partial charge in [0.15, 0.2) is 11.6 Å². The van der Waals surface area contributed by atoms with E-state index in [0.29, 0.717) is 5.56 Å². The van der Waals surface area contributed by atoms with Crippen LogP contribution in [0.4, 0.5) is 4.39 Å². The SMILES string of the molecule is COc1cccc(COc2cc(C)cc(C)c2)c1F. The van der Waals surface area contributed by atoms with Crippen LogP contribution < -0.4 is 9.47 Å². The summed E-state index contributed by atoms with van der Waals surface area (Å²) < 4.78 is 24.5. The van der Waals surface area contributed by atoms with Crippen molar-refractivity contribution in [3.05, 3.63) is 58.9 Å². The van der Waals surface area contributed by atoms with Crippen LogP contribution in [0.2, 0.25) is 0 Å². The fourth-order valence-electron chi connectivity index (χ4n) is 2.00. The van der Waals surface area contributed by atoms with Crippen molar-refractivity contribution >= 4 is 0 Å². The van der Waals surface area contributed by atoms with Crippen LogP contribution >= 0.6 is 0 Å². The topological polar surface area (TPSA) is 18.5 Å². The van der Waals surface area contributed by atoms with Gasteiger partial charge in [0, 0.05) is 5.56 Å². The number of hydrogen-bond donors (Lipinski definition) is 0. The Bertz CT molecular complexity index is 559. The number of rotatable bonds is 4. The Morgan fingerprint density at radius 3 is 2.37 bits per heavy atom. The zero-order valence-electron chi connectivity index (χ0n) is 11.4. The minimum Gasteiger partial charge on any atom is -0.494 e. The number of halogens is 1. The third-order valence-electron chi connectivity index (χ3n) is 2.85. The molecule has 0 fully saturated rings. The fraction of sp³-hybridized carbons (Fsp3) is 0.250. The van der Waals surface area contributed by atoms with E-state index in [1.165, 1.54) is 7.11 Å². The van der Waals surface area contributed by atoms with E-state index in [9.17, 15) is 4.39 Å². The zero-order valence-corrected chi connectivity index (χ0v) is 11.4. The molecule has 19 heavy (non-hydrogen) atoms. The summed E-state index contributed by atoms with van der Waals surface area (Å²) in [7, 11) is 1.45. The molecule has 0 amide bonds. The average molecular weight is 260 g/mol. The molecule has 2 nitrogen and oxygen atoms in total. The monoisotopic (exact) mass is 260 g/mol. The van der Waals surface area contributed by atoms with Gasteiger partial charge in [-0.3, -0.25) is 0 Å². The smallest absolute Gasteiger partial charge is 0.171 e. The lowest BCUT2D eigenvalue weighted by molar-refractivity contribution is 0.295. The summed E-state index contributed by atoms with van der Waals surface area (Å²) in [5.74, 6) is 0.621. The lowest BCUT2D eigenvalue weighted by Crippen LogP contribution is -2.00. The van der Waals surface area contributed by atoms with Gasteiger partial charge in [0.25, 0.3) is 0 Å². The van der Waals surface area contributed by atoms with Crippen molar-refractivity contribution in [3.63, 3.8) is 0 Å². The summed E-state index contributed by atoms with van der Waals surface area (Å²) in [5, 5.41) is 0. The molecule has 2 rings (SSSR count). The molecule has 2 aromatic carbocycles. The van der Waals surface area contributed by atoms with E-state index in [2.05, 4.69) is 6.07 Å². The van der Waals surface area contributed by atoms with Crippen LogP contribution in [0, 0.1) is 19.7 Å². The maximum Gasteiger partial charge on any atom is 0.171 e. The quantitative estimate of drug-likeness (QED) is 0.826. The molecule has 0 unspecified atom stereocenters. The van der Waals surface area contributed by atoms with Crippen molar-refractivity contribution in [2.75, 3.05) is 7.11 Å². The molecule has 2 aromatic rings. The van der Waals surface area contributed by atoms with E-state index in [1.807, 2.05) is 26.0 Å². The summed E-state index contributed by atoms with van der Waals surface area (Å²) in [6.07, 6.45) is 0. The molecule has 0 N–H and O–H groups in total. The molecule has 0 atom stereocenters.